The van der Waals surface area contributed by atoms with Crippen molar-refractivity contribution in [1.29, 1.82) is 0 Å². The van der Waals surface area contributed by atoms with Gasteiger partial charge in [0.1, 0.15) is 5.60 Å². The number of ether oxygens (including phenoxy) is 2. The molecular weight excluding hydrogens is 250 g/mol. The third-order valence-corrected chi connectivity index (χ3v) is 3.67. The first-order valence-corrected chi connectivity index (χ1v) is 6.57. The Balaban J connectivity index is 1.92. The maximum absolute atomic E-state index is 11.9. The highest BCUT2D eigenvalue weighted by Crippen LogP contribution is 2.43. The van der Waals surface area contributed by atoms with Crippen LogP contribution in [0.1, 0.15) is 40.0 Å². The zero-order valence-corrected chi connectivity index (χ0v) is 11.6. The summed E-state index contributed by atoms with van der Waals surface area (Å²) in [6.45, 7) is 6.42. The van der Waals surface area contributed by atoms with Crippen molar-refractivity contribution in [1.82, 2.24) is 4.90 Å². The number of amides is 1. The highest BCUT2D eigenvalue weighted by atomic mass is 16.6. The molecule has 0 saturated carbocycles. The average Bonchev–Trinajstić information content (AvgIpc) is 2.52. The molecule has 1 atom stereocenters. The molecule has 2 rings (SSSR count). The summed E-state index contributed by atoms with van der Waals surface area (Å²) in [7, 11) is 0. The van der Waals surface area contributed by atoms with E-state index in [2.05, 4.69) is 0 Å². The molecule has 0 aromatic carbocycles. The van der Waals surface area contributed by atoms with Gasteiger partial charge in [-0.25, -0.2) is 4.79 Å². The second kappa shape index (κ2) is 4.67. The van der Waals surface area contributed by atoms with Crippen LogP contribution in [0.15, 0.2) is 0 Å². The second-order valence-corrected chi connectivity index (χ2v) is 6.35. The first-order valence-electron chi connectivity index (χ1n) is 6.57. The topological polar surface area (TPSA) is 76.1 Å². The number of rotatable bonds is 0. The van der Waals surface area contributed by atoms with E-state index < -0.39 is 17.3 Å². The van der Waals surface area contributed by atoms with Gasteiger partial charge in [-0.2, -0.15) is 0 Å². The quantitative estimate of drug-likeness (QED) is 0.671. The number of hydrogen-bond acceptors (Lipinski definition) is 5. The van der Waals surface area contributed by atoms with Crippen LogP contribution in [-0.2, 0) is 14.3 Å². The number of cyclic esters (lactones) is 1. The Kier molecular flexibility index (Phi) is 3.47. The second-order valence-electron chi connectivity index (χ2n) is 6.35. The third kappa shape index (κ3) is 3.00. The van der Waals surface area contributed by atoms with Crippen molar-refractivity contribution in [3.63, 3.8) is 0 Å². The lowest BCUT2D eigenvalue weighted by molar-refractivity contribution is -0.164. The Bertz CT molecular complexity index is 379. The summed E-state index contributed by atoms with van der Waals surface area (Å²) in [6, 6.07) is 0. The van der Waals surface area contributed by atoms with Crippen molar-refractivity contribution in [3.8, 4) is 0 Å². The monoisotopic (exact) mass is 271 g/mol. The number of aliphatic hydroxyl groups excluding tert-OH is 1. The van der Waals surface area contributed by atoms with Crippen LogP contribution in [0.3, 0.4) is 0 Å². The normalized spacial score (nSPS) is 26.4. The number of nitrogens with zero attached hydrogens (tertiary/aromatic N) is 1. The molecule has 2 heterocycles. The highest BCUT2D eigenvalue weighted by molar-refractivity contribution is 5.73. The molecule has 0 radical (unpaired) electrons. The first-order chi connectivity index (χ1) is 8.72. The molecule has 108 valence electrons. The number of esters is 1. The predicted octanol–water partition coefficient (Wildman–Crippen LogP) is 1.27. The molecule has 19 heavy (non-hydrogen) atoms. The molecular formula is C13H21NO5. The first kappa shape index (κ1) is 14.1. The number of hydrogen-bond donors (Lipinski definition) is 1. The molecule has 1 spiro atoms. The van der Waals surface area contributed by atoms with E-state index in [9.17, 15) is 14.7 Å². The summed E-state index contributed by atoms with van der Waals surface area (Å²) in [4.78, 5) is 24.8. The summed E-state index contributed by atoms with van der Waals surface area (Å²) in [6.07, 6.45) is -0.0443. The Morgan fingerprint density at radius 2 is 2.00 bits per heavy atom. The smallest absolute Gasteiger partial charge is 0.410 e. The zero-order valence-electron chi connectivity index (χ0n) is 11.6. The van der Waals surface area contributed by atoms with Crippen LogP contribution in [0.4, 0.5) is 4.79 Å². The molecule has 0 aromatic heterocycles. The van der Waals surface area contributed by atoms with E-state index in [1.807, 2.05) is 20.8 Å². The van der Waals surface area contributed by atoms with Gasteiger partial charge in [0.15, 0.2) is 0 Å². The Morgan fingerprint density at radius 3 is 2.42 bits per heavy atom. The molecule has 0 aliphatic carbocycles. The summed E-state index contributed by atoms with van der Waals surface area (Å²) in [5.74, 6) is -0.363. The van der Waals surface area contributed by atoms with E-state index in [0.717, 1.165) is 0 Å². The van der Waals surface area contributed by atoms with Gasteiger partial charge in [0.2, 0.25) is 6.29 Å². The van der Waals surface area contributed by atoms with Gasteiger partial charge < -0.3 is 19.5 Å². The lowest BCUT2D eigenvalue weighted by Crippen LogP contribution is -2.47. The largest absolute Gasteiger partial charge is 0.444 e. The van der Waals surface area contributed by atoms with Gasteiger partial charge in [-0.3, -0.25) is 4.79 Å². The minimum atomic E-state index is -1.04. The zero-order chi connectivity index (χ0) is 14.3. The maximum atomic E-state index is 11.9. The van der Waals surface area contributed by atoms with Crippen LogP contribution < -0.4 is 0 Å². The molecule has 1 N–H and O–H groups in total. The van der Waals surface area contributed by atoms with Crippen molar-refractivity contribution in [2.24, 2.45) is 5.41 Å². The van der Waals surface area contributed by atoms with Crippen molar-refractivity contribution < 1.29 is 24.2 Å². The van der Waals surface area contributed by atoms with Crippen LogP contribution in [0.25, 0.3) is 0 Å². The highest BCUT2D eigenvalue weighted by Gasteiger charge is 2.50. The van der Waals surface area contributed by atoms with Gasteiger partial charge >= 0.3 is 12.1 Å². The maximum Gasteiger partial charge on any atom is 0.410 e. The van der Waals surface area contributed by atoms with Gasteiger partial charge in [0.05, 0.1) is 6.42 Å². The summed E-state index contributed by atoms with van der Waals surface area (Å²) in [5.41, 5.74) is -1.03. The number of piperidine rings is 1. The fourth-order valence-corrected chi connectivity index (χ4v) is 2.55. The number of carbonyl (C=O) groups is 2. The molecule has 2 saturated heterocycles. The van der Waals surface area contributed by atoms with Gasteiger partial charge in [0, 0.05) is 18.5 Å². The van der Waals surface area contributed by atoms with Crippen LogP contribution in [0.5, 0.6) is 0 Å². The van der Waals surface area contributed by atoms with Crippen molar-refractivity contribution >= 4 is 12.1 Å². The van der Waals surface area contributed by atoms with Gasteiger partial charge in [0.25, 0.3) is 0 Å². The Hall–Kier alpha value is -1.30. The van der Waals surface area contributed by atoms with E-state index in [1.165, 1.54) is 0 Å². The van der Waals surface area contributed by atoms with Crippen molar-refractivity contribution in [2.45, 2.75) is 51.9 Å². The van der Waals surface area contributed by atoms with Crippen LogP contribution >= 0.6 is 0 Å². The van der Waals surface area contributed by atoms with E-state index in [4.69, 9.17) is 9.47 Å². The molecule has 2 aliphatic heterocycles. The summed E-state index contributed by atoms with van der Waals surface area (Å²) < 4.78 is 10.1. The number of carbonyl (C=O) groups excluding carboxylic acids is 2. The lowest BCUT2D eigenvalue weighted by atomic mass is 9.76. The summed E-state index contributed by atoms with van der Waals surface area (Å²) in [5, 5.41) is 9.81. The minimum absolute atomic E-state index is 0.232. The van der Waals surface area contributed by atoms with E-state index in [-0.39, 0.29) is 18.5 Å². The Morgan fingerprint density at radius 1 is 1.42 bits per heavy atom. The number of likely N-dealkylation sites (tertiary alicyclic amines) is 1. The van der Waals surface area contributed by atoms with E-state index >= 15 is 0 Å². The van der Waals surface area contributed by atoms with Crippen LogP contribution in [-0.4, -0.2) is 47.0 Å². The van der Waals surface area contributed by atoms with Gasteiger partial charge in [-0.15, -0.1) is 0 Å². The predicted molar refractivity (Wildman–Crippen MR) is 66.2 cm³/mol. The average molecular weight is 271 g/mol. The molecule has 6 heteroatoms. The molecule has 2 fully saturated rings. The van der Waals surface area contributed by atoms with Crippen molar-refractivity contribution in [2.75, 3.05) is 13.1 Å². The van der Waals surface area contributed by atoms with Crippen LogP contribution in [0, 0.1) is 5.41 Å². The SMILES string of the molecule is CC(C)(C)OC(=O)N1CCC2(CC1)CC(=O)OC2O. The molecule has 0 bridgehead atoms. The Labute approximate surface area is 112 Å². The minimum Gasteiger partial charge on any atom is -0.444 e. The van der Waals surface area contributed by atoms with Crippen LogP contribution in [0.2, 0.25) is 0 Å². The fourth-order valence-electron chi connectivity index (χ4n) is 2.55. The standard InChI is InChI=1S/C13H21NO5/c1-12(2,3)19-11(17)14-6-4-13(5-7-14)8-9(15)18-10(13)16/h10,16H,4-8H2,1-3H3. The summed E-state index contributed by atoms with van der Waals surface area (Å²) >= 11 is 0. The van der Waals surface area contributed by atoms with Gasteiger partial charge in [-0.05, 0) is 33.6 Å². The van der Waals surface area contributed by atoms with E-state index in [1.54, 1.807) is 4.90 Å². The van der Waals surface area contributed by atoms with Gasteiger partial charge in [-0.1, -0.05) is 0 Å². The number of aliphatic hydroxyl groups is 1. The molecule has 1 amide bonds. The molecule has 6 nitrogen and oxygen atoms in total. The van der Waals surface area contributed by atoms with Crippen molar-refractivity contribution in [3.05, 3.63) is 0 Å². The molecule has 1 unspecified atom stereocenters. The lowest BCUT2D eigenvalue weighted by Gasteiger charge is -2.39. The molecule has 2 aliphatic rings. The fraction of sp³-hybridized carbons (Fsp3) is 0.846. The third-order valence-electron chi connectivity index (χ3n) is 3.67. The van der Waals surface area contributed by atoms with E-state index in [0.29, 0.717) is 25.9 Å². The molecule has 0 aromatic rings.